The third kappa shape index (κ3) is 8.36. The summed E-state index contributed by atoms with van der Waals surface area (Å²) in [6, 6.07) is 0. The zero-order valence-electron chi connectivity index (χ0n) is 35.7. The summed E-state index contributed by atoms with van der Waals surface area (Å²) in [7, 11) is 0. The molecule has 0 aliphatic carbocycles. The first-order valence-electron chi connectivity index (χ1n) is 21.3. The van der Waals surface area contributed by atoms with E-state index in [0.29, 0.717) is 51.4 Å². The number of hydrogen-bond donors (Lipinski definition) is 5. The molecule has 7 aliphatic rings. The van der Waals surface area contributed by atoms with E-state index >= 15 is 0 Å². The molecule has 7 rings (SSSR count). The molecule has 7 fully saturated rings. The summed E-state index contributed by atoms with van der Waals surface area (Å²) < 4.78 is 59.0. The van der Waals surface area contributed by atoms with E-state index in [1.807, 2.05) is 48.5 Å². The van der Waals surface area contributed by atoms with Gasteiger partial charge in [-0.2, -0.15) is 0 Å². The Labute approximate surface area is 363 Å². The van der Waals surface area contributed by atoms with Crippen LogP contribution >= 0.6 is 0 Å². The fraction of sp³-hybridized carbons (Fsp3) is 0.950. The molecular formula is C40H66BNaO16. The maximum atomic E-state index is 14.6. The predicted molar refractivity (Wildman–Crippen MR) is 199 cm³/mol. The van der Waals surface area contributed by atoms with Crippen molar-refractivity contribution in [2.24, 2.45) is 22.7 Å². The van der Waals surface area contributed by atoms with Crippen molar-refractivity contribution in [3.63, 3.8) is 0 Å². The largest absolute Gasteiger partial charge is 1.00 e. The molecule has 7 saturated heterocycles. The smallest absolute Gasteiger partial charge is 0.504 e. The van der Waals surface area contributed by atoms with Gasteiger partial charge in [-0.1, -0.05) is 41.5 Å². The van der Waals surface area contributed by atoms with Crippen molar-refractivity contribution in [3.05, 3.63) is 0 Å². The first-order chi connectivity index (χ1) is 26.6. The molecule has 16 nitrogen and oxygen atoms in total. The van der Waals surface area contributed by atoms with Gasteiger partial charge in [-0.3, -0.25) is 0 Å². The number of cyclic esters (lactones) is 1. The third-order valence-electron chi connectivity index (χ3n) is 14.7. The van der Waals surface area contributed by atoms with E-state index in [1.54, 1.807) is 0 Å². The van der Waals surface area contributed by atoms with Crippen LogP contribution in [0.15, 0.2) is 0 Å². The predicted octanol–water partition coefficient (Wildman–Crippen LogP) is -0.475. The molecule has 7 heterocycles. The van der Waals surface area contributed by atoms with E-state index in [9.17, 15) is 35.1 Å². The summed E-state index contributed by atoms with van der Waals surface area (Å²) in [6.07, 6.45) is -9.47. The zero-order chi connectivity index (χ0) is 41.5. The molecule has 7 aliphatic heterocycles. The van der Waals surface area contributed by atoms with Crippen LogP contribution in [0.3, 0.4) is 0 Å². The number of carbonyl (C=O) groups is 2. The first-order valence-corrected chi connectivity index (χ1v) is 21.3. The maximum Gasteiger partial charge on any atom is 1.00 e. The SMILES string of the molecule is C[C@@H]1CC[C@@H]2O[C@]13O[B-]14O[C@H]3C(=O)O[C@H]([C@@H](C)O)CC(O)C(O)CC[C@H](O)C(C)(C)[C@@H]3CC[C@@H](C)[C@](O3)(O1)[C@@H](O4)C(=O)O[C@H]1C[C@@H](CCC[C@@H](O)C2(C)C)O[C@@H]1C.[Na+]. The van der Waals surface area contributed by atoms with Crippen LogP contribution in [0.5, 0.6) is 0 Å². The van der Waals surface area contributed by atoms with Crippen LogP contribution in [0.25, 0.3) is 0 Å². The van der Waals surface area contributed by atoms with E-state index in [0.717, 1.165) is 0 Å². The van der Waals surface area contributed by atoms with Gasteiger partial charge in [-0.05, 0) is 71.6 Å². The second-order valence-electron chi connectivity index (χ2n) is 19.4. The fourth-order valence-corrected chi connectivity index (χ4v) is 10.3. The molecule has 326 valence electrons. The molecule has 0 radical (unpaired) electrons. The standard InChI is InChI=1S/C40H66BO16.Na/c1-20-12-16-31-37(5,6)29(45)11-9-10-24-18-28(23(4)49-24)51-36(48)34-40-21(2)13-17-32(53-40)38(7,8)30(46)15-14-25(43)26(44)19-27(22(3)42)50-35(47)33-39(20,52-31)56-41(54-33,55-34)57-40;/h20-34,42-46H,9-19H2,1-8H3;/q-1;+1/t20-,21-,22-,23-,24-,25?,26?,27+,28+,29-,30+,31+,32+,33+,34+,39+,40+,41?;/m1./s1. The second kappa shape index (κ2) is 17.2. The van der Waals surface area contributed by atoms with Gasteiger partial charge in [0, 0.05) is 35.5 Å². The monoisotopic (exact) mass is 836 g/mol. The van der Waals surface area contributed by atoms with Crippen molar-refractivity contribution in [1.29, 1.82) is 0 Å². The third-order valence-corrected chi connectivity index (χ3v) is 14.7. The van der Waals surface area contributed by atoms with Crippen LogP contribution in [0, 0.1) is 22.7 Å². The molecule has 0 aromatic rings. The van der Waals surface area contributed by atoms with Crippen LogP contribution < -0.4 is 29.6 Å². The van der Waals surface area contributed by atoms with E-state index in [2.05, 4.69) is 0 Å². The van der Waals surface area contributed by atoms with Gasteiger partial charge in [0.15, 0.2) is 23.8 Å². The molecule has 3 spiro atoms. The Morgan fingerprint density at radius 1 is 0.672 bits per heavy atom. The number of esters is 2. The maximum absolute atomic E-state index is 14.6. The first kappa shape index (κ1) is 47.0. The molecule has 9 bridgehead atoms. The molecule has 0 saturated carbocycles. The van der Waals surface area contributed by atoms with Gasteiger partial charge in [0.25, 0.3) is 0 Å². The molecule has 0 aromatic heterocycles. The Balaban J connectivity index is 0.00000567. The van der Waals surface area contributed by atoms with Gasteiger partial charge in [0.1, 0.15) is 12.2 Å². The van der Waals surface area contributed by atoms with E-state index < -0.39 is 126 Å². The number of hydrogen-bond acceptors (Lipinski definition) is 16. The van der Waals surface area contributed by atoms with Crippen LogP contribution in [0.2, 0.25) is 0 Å². The summed E-state index contributed by atoms with van der Waals surface area (Å²) in [5.41, 5.74) is -1.84. The molecule has 0 aromatic carbocycles. The quantitative estimate of drug-likeness (QED) is 0.167. The minimum absolute atomic E-state index is 0. The van der Waals surface area contributed by atoms with Gasteiger partial charge in [-0.25, -0.2) is 9.59 Å². The van der Waals surface area contributed by atoms with Crippen LogP contribution in [0.4, 0.5) is 0 Å². The van der Waals surface area contributed by atoms with Crippen LogP contribution in [-0.4, -0.2) is 135 Å². The minimum Gasteiger partial charge on any atom is -0.504 e. The minimum atomic E-state index is -3.55. The average Bonchev–Trinajstić information content (AvgIpc) is 3.77. The van der Waals surface area contributed by atoms with Crippen LogP contribution in [0.1, 0.15) is 126 Å². The Bertz CT molecular complexity index is 1490. The van der Waals surface area contributed by atoms with Crippen molar-refractivity contribution < 1.29 is 107 Å². The molecule has 3 unspecified atom stereocenters. The summed E-state index contributed by atoms with van der Waals surface area (Å²) >= 11 is 0. The summed E-state index contributed by atoms with van der Waals surface area (Å²) in [5, 5.41) is 56.3. The average molecular weight is 837 g/mol. The van der Waals surface area contributed by atoms with E-state index in [-0.39, 0.29) is 54.9 Å². The summed E-state index contributed by atoms with van der Waals surface area (Å²) in [6.45, 7) is 10.8. The van der Waals surface area contributed by atoms with Crippen molar-refractivity contribution in [3.8, 4) is 0 Å². The van der Waals surface area contributed by atoms with Crippen molar-refractivity contribution in [2.75, 3.05) is 0 Å². The van der Waals surface area contributed by atoms with Crippen molar-refractivity contribution in [1.82, 2.24) is 0 Å². The number of carbonyl (C=O) groups excluding carboxylic acids is 2. The Morgan fingerprint density at radius 3 is 1.72 bits per heavy atom. The number of aliphatic hydroxyl groups excluding tert-OH is 5. The van der Waals surface area contributed by atoms with Crippen LogP contribution in [-0.2, 0) is 51.9 Å². The Kier molecular flexibility index (Phi) is 14.0. The number of rotatable bonds is 1. The Morgan fingerprint density at radius 2 is 1.19 bits per heavy atom. The summed E-state index contributed by atoms with van der Waals surface area (Å²) in [5.74, 6) is -6.77. The van der Waals surface area contributed by atoms with Crippen molar-refractivity contribution in [2.45, 2.75) is 217 Å². The van der Waals surface area contributed by atoms with Gasteiger partial charge in [0.2, 0.25) is 0 Å². The second-order valence-corrected chi connectivity index (χ2v) is 19.4. The molecule has 0 amide bonds. The van der Waals surface area contributed by atoms with E-state index in [4.69, 9.17) is 42.3 Å². The van der Waals surface area contributed by atoms with Gasteiger partial charge < -0.3 is 67.8 Å². The molecular weight excluding hydrogens is 770 g/mol. The molecule has 18 atom stereocenters. The number of fused-ring (bicyclic) bond motifs is 6. The van der Waals surface area contributed by atoms with Crippen molar-refractivity contribution >= 4 is 18.9 Å². The number of aliphatic hydroxyl groups is 5. The number of ether oxygens (including phenoxy) is 5. The molecule has 58 heavy (non-hydrogen) atoms. The van der Waals surface area contributed by atoms with Gasteiger partial charge in [-0.15, -0.1) is 0 Å². The molecule has 18 heteroatoms. The van der Waals surface area contributed by atoms with E-state index in [1.165, 1.54) is 6.92 Å². The fourth-order valence-electron chi connectivity index (χ4n) is 10.3. The topological polar surface area (TPSA) is 218 Å². The van der Waals surface area contributed by atoms with Gasteiger partial charge in [0.05, 0.1) is 54.9 Å². The van der Waals surface area contributed by atoms with Gasteiger partial charge >= 0.3 is 48.5 Å². The molecule has 5 N–H and O–H groups in total. The zero-order valence-corrected chi connectivity index (χ0v) is 37.7. The normalized spacial score (nSPS) is 50.2. The summed E-state index contributed by atoms with van der Waals surface area (Å²) in [4.78, 5) is 29.3. The Hall–Kier alpha value is -0.475.